The van der Waals surface area contributed by atoms with E-state index in [0.717, 1.165) is 12.1 Å². The number of ether oxygens (including phenoxy) is 1. The average molecular weight is 306 g/mol. The lowest BCUT2D eigenvalue weighted by atomic mass is 9.90. The van der Waals surface area contributed by atoms with Crippen molar-refractivity contribution in [1.82, 2.24) is 4.72 Å². The van der Waals surface area contributed by atoms with Crippen molar-refractivity contribution >= 4 is 15.7 Å². The monoisotopic (exact) mass is 306 g/mol. The van der Waals surface area contributed by atoms with Crippen LogP contribution in [0.4, 0.5) is 14.5 Å². The Kier molecular flexibility index (Phi) is 4.26. The van der Waals surface area contributed by atoms with Gasteiger partial charge in [-0.15, -0.1) is 0 Å². The average Bonchev–Trinajstić information content (AvgIpc) is 2.31. The summed E-state index contributed by atoms with van der Waals surface area (Å²) in [5.74, 6) is -2.71. The lowest BCUT2D eigenvalue weighted by molar-refractivity contribution is -0.00476. The normalized spacial score (nSPS) is 22.6. The summed E-state index contributed by atoms with van der Waals surface area (Å²) in [5.41, 5.74) is 5.20. The molecule has 3 N–H and O–H groups in total. The number of hydrogen-bond donors (Lipinski definition) is 2. The Morgan fingerprint density at radius 2 is 2.05 bits per heavy atom. The molecule has 0 bridgehead atoms. The van der Waals surface area contributed by atoms with Gasteiger partial charge in [0.25, 0.3) is 0 Å². The zero-order chi connectivity index (χ0) is 14.9. The summed E-state index contributed by atoms with van der Waals surface area (Å²) in [4.78, 5) is -0.769. The Bertz CT molecular complexity index is 601. The third-order valence-electron chi connectivity index (χ3n) is 3.13. The van der Waals surface area contributed by atoms with Gasteiger partial charge in [-0.3, -0.25) is 0 Å². The second-order valence-corrected chi connectivity index (χ2v) is 6.36. The van der Waals surface area contributed by atoms with Crippen LogP contribution in [0.15, 0.2) is 17.0 Å². The first-order valence-electron chi connectivity index (χ1n) is 6.22. The maximum Gasteiger partial charge on any atom is 0.243 e. The fourth-order valence-corrected chi connectivity index (χ4v) is 3.48. The molecule has 0 aliphatic heterocycles. The number of sulfonamides is 1. The third kappa shape index (κ3) is 3.08. The van der Waals surface area contributed by atoms with E-state index in [4.69, 9.17) is 10.5 Å². The molecule has 1 aromatic carbocycles. The molecular weight excluding hydrogens is 290 g/mol. The van der Waals surface area contributed by atoms with Crippen LogP contribution in [0.5, 0.6) is 0 Å². The Morgan fingerprint density at radius 3 is 2.65 bits per heavy atom. The topological polar surface area (TPSA) is 81.4 Å². The number of nitrogens with one attached hydrogen (secondary N) is 1. The molecule has 5 nitrogen and oxygen atoms in total. The Morgan fingerprint density at radius 1 is 1.40 bits per heavy atom. The minimum Gasteiger partial charge on any atom is -0.399 e. The lowest BCUT2D eigenvalue weighted by Crippen LogP contribution is -2.47. The second-order valence-electron chi connectivity index (χ2n) is 4.68. The van der Waals surface area contributed by atoms with Gasteiger partial charge in [0.2, 0.25) is 10.0 Å². The number of halogens is 2. The van der Waals surface area contributed by atoms with Crippen LogP contribution in [-0.4, -0.2) is 27.2 Å². The van der Waals surface area contributed by atoms with Crippen LogP contribution in [0.3, 0.4) is 0 Å². The van der Waals surface area contributed by atoms with Crippen LogP contribution >= 0.6 is 0 Å². The van der Waals surface area contributed by atoms with Crippen LogP contribution in [0, 0.1) is 11.6 Å². The molecule has 0 heterocycles. The van der Waals surface area contributed by atoms with Gasteiger partial charge in [-0.25, -0.2) is 21.9 Å². The van der Waals surface area contributed by atoms with Gasteiger partial charge >= 0.3 is 0 Å². The third-order valence-corrected chi connectivity index (χ3v) is 4.65. The number of rotatable bonds is 5. The van der Waals surface area contributed by atoms with Crippen molar-refractivity contribution in [3.63, 3.8) is 0 Å². The van der Waals surface area contributed by atoms with E-state index in [0.29, 0.717) is 19.4 Å². The standard InChI is InChI=1S/C12H16F2N2O3S/c1-2-19-9-5-8(6-9)16-20(17,18)11-4-7(15)3-10(13)12(11)14/h3-4,8-9,16H,2,5-6,15H2,1H3. The fourth-order valence-electron chi connectivity index (χ4n) is 2.10. The Labute approximate surface area is 116 Å². The zero-order valence-electron chi connectivity index (χ0n) is 10.9. The largest absolute Gasteiger partial charge is 0.399 e. The van der Waals surface area contributed by atoms with Crippen molar-refractivity contribution < 1.29 is 21.9 Å². The summed E-state index contributed by atoms with van der Waals surface area (Å²) >= 11 is 0. The number of anilines is 1. The first kappa shape index (κ1) is 15.1. The molecule has 1 aliphatic rings. The van der Waals surface area contributed by atoms with Gasteiger partial charge in [0.05, 0.1) is 6.10 Å². The van der Waals surface area contributed by atoms with Crippen LogP contribution in [0.25, 0.3) is 0 Å². The van der Waals surface area contributed by atoms with E-state index >= 15 is 0 Å². The molecule has 1 aliphatic carbocycles. The first-order valence-corrected chi connectivity index (χ1v) is 7.70. The number of benzene rings is 1. The minimum absolute atomic E-state index is 0.00938. The smallest absolute Gasteiger partial charge is 0.243 e. The Balaban J connectivity index is 2.12. The molecule has 0 aromatic heterocycles. The van der Waals surface area contributed by atoms with Gasteiger partial charge in [-0.1, -0.05) is 0 Å². The predicted octanol–water partition coefficient (Wildman–Crippen LogP) is 1.39. The van der Waals surface area contributed by atoms with Crippen LogP contribution in [0.1, 0.15) is 19.8 Å². The second kappa shape index (κ2) is 5.63. The molecule has 0 amide bonds. The van der Waals surface area contributed by atoms with Gasteiger partial charge in [0.1, 0.15) is 4.90 Å². The van der Waals surface area contributed by atoms with Crippen molar-refractivity contribution in [3.05, 3.63) is 23.8 Å². The van der Waals surface area contributed by atoms with Gasteiger partial charge in [-0.2, -0.15) is 0 Å². The molecule has 0 atom stereocenters. The van der Waals surface area contributed by atoms with Crippen LogP contribution < -0.4 is 10.5 Å². The molecule has 112 valence electrons. The van der Waals surface area contributed by atoms with E-state index in [2.05, 4.69) is 4.72 Å². The van der Waals surface area contributed by atoms with Crippen molar-refractivity contribution in [2.75, 3.05) is 12.3 Å². The SMILES string of the molecule is CCOC1CC(NS(=O)(=O)c2cc(N)cc(F)c2F)C1. The highest BCUT2D eigenvalue weighted by molar-refractivity contribution is 7.89. The summed E-state index contributed by atoms with van der Waals surface area (Å²) < 4.78 is 58.4. The molecule has 20 heavy (non-hydrogen) atoms. The highest BCUT2D eigenvalue weighted by Crippen LogP contribution is 2.27. The molecular formula is C12H16F2N2O3S. The molecule has 2 rings (SSSR count). The molecule has 8 heteroatoms. The van der Waals surface area contributed by atoms with Gasteiger partial charge < -0.3 is 10.5 Å². The summed E-state index contributed by atoms with van der Waals surface area (Å²) in [5, 5.41) is 0. The quantitative estimate of drug-likeness (QED) is 0.806. The number of nitrogen functional groups attached to an aromatic ring is 1. The molecule has 1 aromatic rings. The predicted molar refractivity (Wildman–Crippen MR) is 69.5 cm³/mol. The summed E-state index contributed by atoms with van der Waals surface area (Å²) in [7, 11) is -4.13. The highest BCUT2D eigenvalue weighted by Gasteiger charge is 2.34. The molecule has 0 spiro atoms. The lowest BCUT2D eigenvalue weighted by Gasteiger charge is -2.35. The van der Waals surface area contributed by atoms with Crippen LogP contribution in [-0.2, 0) is 14.8 Å². The molecule has 0 radical (unpaired) electrons. The van der Waals surface area contributed by atoms with Gasteiger partial charge in [0.15, 0.2) is 11.6 Å². The molecule has 0 unspecified atom stereocenters. The van der Waals surface area contributed by atoms with E-state index in [-0.39, 0.29) is 17.8 Å². The maximum absolute atomic E-state index is 13.6. The fraction of sp³-hybridized carbons (Fsp3) is 0.500. The van der Waals surface area contributed by atoms with Gasteiger partial charge in [-0.05, 0) is 31.9 Å². The molecule has 1 saturated carbocycles. The van der Waals surface area contributed by atoms with E-state index < -0.39 is 26.6 Å². The highest BCUT2D eigenvalue weighted by atomic mass is 32.2. The summed E-state index contributed by atoms with van der Waals surface area (Å²) in [6.45, 7) is 2.40. The van der Waals surface area contributed by atoms with E-state index in [1.54, 1.807) is 0 Å². The van der Waals surface area contributed by atoms with E-state index in [9.17, 15) is 17.2 Å². The molecule has 0 saturated heterocycles. The summed E-state index contributed by atoms with van der Waals surface area (Å²) in [6, 6.07) is 1.31. The number of nitrogens with two attached hydrogens (primary N) is 1. The number of hydrogen-bond acceptors (Lipinski definition) is 4. The minimum atomic E-state index is -4.13. The van der Waals surface area contributed by atoms with E-state index in [1.807, 2.05) is 6.92 Å². The van der Waals surface area contributed by atoms with Crippen molar-refractivity contribution in [2.24, 2.45) is 0 Å². The van der Waals surface area contributed by atoms with Crippen molar-refractivity contribution in [3.8, 4) is 0 Å². The molecule has 1 fully saturated rings. The maximum atomic E-state index is 13.6. The van der Waals surface area contributed by atoms with Crippen molar-refractivity contribution in [1.29, 1.82) is 0 Å². The Hall–Kier alpha value is -1.25. The van der Waals surface area contributed by atoms with Gasteiger partial charge in [0, 0.05) is 18.3 Å². The van der Waals surface area contributed by atoms with E-state index in [1.165, 1.54) is 0 Å². The van der Waals surface area contributed by atoms with Crippen molar-refractivity contribution in [2.45, 2.75) is 36.8 Å². The summed E-state index contributed by atoms with van der Waals surface area (Å²) in [6.07, 6.45) is 1.04. The van der Waals surface area contributed by atoms with Crippen LogP contribution in [0.2, 0.25) is 0 Å². The zero-order valence-corrected chi connectivity index (χ0v) is 11.7. The first-order chi connectivity index (χ1) is 9.33.